The van der Waals surface area contributed by atoms with Crippen LogP contribution in [0.3, 0.4) is 0 Å². The van der Waals surface area contributed by atoms with Crippen molar-refractivity contribution in [1.29, 1.82) is 0 Å². The Bertz CT molecular complexity index is 1060. The van der Waals surface area contributed by atoms with Crippen LogP contribution in [0.4, 0.5) is 96.6 Å². The van der Waals surface area contributed by atoms with Gasteiger partial charge in [0, 0.05) is 24.0 Å². The maximum atomic E-state index is 14.0. The molecule has 0 saturated carbocycles. The first-order valence-electron chi connectivity index (χ1n) is 11.1. The number of carboxylic acids is 2. The van der Waals surface area contributed by atoms with Gasteiger partial charge in [-0.1, -0.05) is 0 Å². The van der Waals surface area contributed by atoms with Gasteiger partial charge in [0.05, 0.1) is 12.8 Å². The van der Waals surface area contributed by atoms with Crippen molar-refractivity contribution in [3.05, 3.63) is 11.1 Å². The molecule has 0 unspecified atom stereocenters. The van der Waals surface area contributed by atoms with Gasteiger partial charge in [-0.25, -0.2) is 27.2 Å². The number of carboxylic acid groups (broad SMARTS) is 2. The Balaban J connectivity index is 6.24. The van der Waals surface area contributed by atoms with E-state index in [1.165, 1.54) is 0 Å². The first-order valence-corrected chi connectivity index (χ1v) is 11.1. The number of hydrogen-bond donors (Lipinski definition) is 2. The van der Waals surface area contributed by atoms with Gasteiger partial charge in [-0.05, 0) is 12.8 Å². The molecular formula is C20H14F22O4. The number of hydrogen-bond acceptors (Lipinski definition) is 2. The second-order valence-corrected chi connectivity index (χ2v) is 9.33. The molecule has 2 N–H and O–H groups in total. The summed E-state index contributed by atoms with van der Waals surface area (Å²) in [6.07, 6.45) is -32.4. The van der Waals surface area contributed by atoms with E-state index in [2.05, 4.69) is 0 Å². The van der Waals surface area contributed by atoms with Crippen molar-refractivity contribution >= 4 is 11.9 Å². The van der Waals surface area contributed by atoms with Crippen LogP contribution in [0.1, 0.15) is 38.5 Å². The summed E-state index contributed by atoms with van der Waals surface area (Å²) in [5.74, 6) is -61.1. The number of halogens is 22. The van der Waals surface area contributed by atoms with Crippen molar-refractivity contribution in [3.63, 3.8) is 0 Å². The zero-order valence-corrected chi connectivity index (χ0v) is 21.3. The lowest BCUT2D eigenvalue weighted by Gasteiger charge is -2.35. The van der Waals surface area contributed by atoms with E-state index in [0.29, 0.717) is 0 Å². The molecule has 0 aromatic carbocycles. The van der Waals surface area contributed by atoms with E-state index in [-0.39, 0.29) is 0 Å². The normalized spacial score (nSPS) is 16.0. The highest BCUT2D eigenvalue weighted by Gasteiger charge is 2.83. The third-order valence-electron chi connectivity index (χ3n) is 5.74. The summed E-state index contributed by atoms with van der Waals surface area (Å²) in [6.45, 7) is 0. The lowest BCUT2D eigenvalue weighted by Crippen LogP contribution is -2.61. The summed E-state index contributed by atoms with van der Waals surface area (Å²) in [5, 5.41) is 18.0. The third-order valence-corrected chi connectivity index (χ3v) is 5.74. The first-order chi connectivity index (χ1) is 19.7. The van der Waals surface area contributed by atoms with Crippen LogP contribution in [0, 0.1) is 0 Å². The molecule has 0 aliphatic rings. The van der Waals surface area contributed by atoms with Crippen LogP contribution in [0.5, 0.6) is 0 Å². The molecule has 0 atom stereocenters. The van der Waals surface area contributed by atoms with Gasteiger partial charge in [0.25, 0.3) is 11.8 Å². The summed E-state index contributed by atoms with van der Waals surface area (Å²) in [4.78, 5) is 22.6. The van der Waals surface area contributed by atoms with Crippen LogP contribution in [-0.2, 0) is 9.59 Å². The van der Waals surface area contributed by atoms with Gasteiger partial charge in [-0.3, -0.25) is 0 Å². The van der Waals surface area contributed by atoms with E-state index in [1.54, 1.807) is 0 Å². The number of alkyl halides is 22. The molecule has 46 heavy (non-hydrogen) atoms. The van der Waals surface area contributed by atoms with Gasteiger partial charge in [-0.2, -0.15) is 79.0 Å². The Labute approximate surface area is 239 Å². The fourth-order valence-electron chi connectivity index (χ4n) is 3.25. The largest absolute Gasteiger partial charge is 0.478 e. The van der Waals surface area contributed by atoms with Crippen molar-refractivity contribution in [1.82, 2.24) is 0 Å². The molecule has 0 amide bonds. The molecule has 0 heterocycles. The van der Waals surface area contributed by atoms with Gasteiger partial charge in [0.2, 0.25) is 0 Å². The minimum atomic E-state index is -7.64. The lowest BCUT2D eigenvalue weighted by atomic mass is 9.91. The summed E-state index contributed by atoms with van der Waals surface area (Å²) < 4.78 is 287. The standard InChI is InChI=1S/C20H14F22O4/c21-11(22,5-13(25,26)15(29,30)17(33,34)19(37,38)39)3-1-7(9(43)44)8(10(45)46)2-4-12(23,24)6-14(27,28)16(31,32)18(35,36)20(40,41)42/h1-6H2,(H,43,44)(H,45,46). The summed E-state index contributed by atoms with van der Waals surface area (Å²) >= 11 is 0. The highest BCUT2D eigenvalue weighted by molar-refractivity contribution is 5.98. The van der Waals surface area contributed by atoms with Crippen molar-refractivity contribution in [2.75, 3.05) is 0 Å². The minimum absolute atomic E-state index is 2.11. The van der Waals surface area contributed by atoms with Crippen LogP contribution in [-0.4, -0.2) is 81.9 Å². The second-order valence-electron chi connectivity index (χ2n) is 9.33. The van der Waals surface area contributed by atoms with Crippen LogP contribution in [0.2, 0.25) is 0 Å². The molecular weight excluding hydrogens is 722 g/mol. The Hall–Kier alpha value is -2.86. The Morgan fingerprint density at radius 2 is 0.609 bits per heavy atom. The number of rotatable bonds is 16. The zero-order valence-electron chi connectivity index (χ0n) is 21.3. The molecule has 4 nitrogen and oxygen atoms in total. The molecule has 0 aliphatic carbocycles. The van der Waals surface area contributed by atoms with E-state index >= 15 is 0 Å². The monoisotopic (exact) mass is 736 g/mol. The molecule has 0 radical (unpaired) electrons. The van der Waals surface area contributed by atoms with Crippen LogP contribution >= 0.6 is 0 Å². The predicted octanol–water partition coefficient (Wildman–Crippen LogP) is 9.00. The van der Waals surface area contributed by atoms with Crippen molar-refractivity contribution in [2.45, 2.75) is 98.3 Å². The molecule has 0 rings (SSSR count). The molecule has 0 aliphatic heterocycles. The van der Waals surface area contributed by atoms with E-state index in [9.17, 15) is 106 Å². The number of aliphatic carboxylic acids is 2. The average molecular weight is 736 g/mol. The maximum absolute atomic E-state index is 14.0. The highest BCUT2D eigenvalue weighted by atomic mass is 19.4. The fourth-order valence-corrected chi connectivity index (χ4v) is 3.25. The number of carbonyl (C=O) groups is 2. The summed E-state index contributed by atoms with van der Waals surface area (Å²) in [6, 6.07) is 0. The Kier molecular flexibility index (Phi) is 11.8. The van der Waals surface area contributed by atoms with Gasteiger partial charge in [0.15, 0.2) is 0 Å². The van der Waals surface area contributed by atoms with Crippen LogP contribution < -0.4 is 0 Å². The fraction of sp³-hybridized carbons (Fsp3) is 0.800. The molecule has 0 bridgehead atoms. The first kappa shape index (κ1) is 43.1. The van der Waals surface area contributed by atoms with Gasteiger partial charge in [0.1, 0.15) is 0 Å². The molecule has 272 valence electrons. The molecule has 0 saturated heterocycles. The van der Waals surface area contributed by atoms with Gasteiger partial charge in [-0.15, -0.1) is 0 Å². The predicted molar refractivity (Wildman–Crippen MR) is 102 cm³/mol. The van der Waals surface area contributed by atoms with E-state index in [4.69, 9.17) is 10.2 Å². The molecule has 0 spiro atoms. The zero-order chi connectivity index (χ0) is 37.6. The smallest absolute Gasteiger partial charge is 0.460 e. The lowest BCUT2D eigenvalue weighted by molar-refractivity contribution is -0.400. The second kappa shape index (κ2) is 12.6. The SMILES string of the molecule is O=C(O)C(CCC(F)(F)CC(F)(F)C(F)(F)C(F)(F)C(F)(F)F)=C(CCC(F)(F)CC(F)(F)C(F)(F)C(F)(F)C(F)(F)F)C(=O)O. The van der Waals surface area contributed by atoms with Crippen molar-refractivity contribution in [2.24, 2.45) is 0 Å². The van der Waals surface area contributed by atoms with Crippen LogP contribution in [0.25, 0.3) is 0 Å². The molecule has 26 heteroatoms. The quantitative estimate of drug-likeness (QED) is 0.123. The summed E-state index contributed by atoms with van der Waals surface area (Å²) in [7, 11) is 0. The maximum Gasteiger partial charge on any atom is 0.460 e. The molecule has 0 aromatic heterocycles. The van der Waals surface area contributed by atoms with E-state index in [0.717, 1.165) is 0 Å². The van der Waals surface area contributed by atoms with Gasteiger partial charge < -0.3 is 10.2 Å². The van der Waals surface area contributed by atoms with Crippen LogP contribution in [0.15, 0.2) is 11.1 Å². The molecule has 0 aromatic rings. The Morgan fingerprint density at radius 3 is 0.783 bits per heavy atom. The van der Waals surface area contributed by atoms with E-state index in [1.807, 2.05) is 0 Å². The Morgan fingerprint density at radius 1 is 0.391 bits per heavy atom. The van der Waals surface area contributed by atoms with Gasteiger partial charge >= 0.3 is 59.8 Å². The van der Waals surface area contributed by atoms with E-state index < -0.39 is 121 Å². The van der Waals surface area contributed by atoms with Crippen molar-refractivity contribution in [3.8, 4) is 0 Å². The van der Waals surface area contributed by atoms with Crippen molar-refractivity contribution < 1.29 is 116 Å². The average Bonchev–Trinajstić information content (AvgIpc) is 2.77. The summed E-state index contributed by atoms with van der Waals surface area (Å²) in [5.41, 5.74) is -4.22. The minimum Gasteiger partial charge on any atom is -0.478 e. The molecule has 0 fully saturated rings. The highest BCUT2D eigenvalue weighted by Crippen LogP contribution is 2.57. The topological polar surface area (TPSA) is 74.6 Å². The third kappa shape index (κ3) is 8.73.